The molecule has 3 amide bonds. The molecule has 1 aromatic heterocycles. The highest BCUT2D eigenvalue weighted by Crippen LogP contribution is 2.35. The number of Topliss-reactive ketones (excluding diaryl/α,β-unsaturated/α-hetero) is 1. The Morgan fingerprint density at radius 1 is 1.00 bits per heavy atom. The van der Waals surface area contributed by atoms with Crippen LogP contribution >= 0.6 is 0 Å². The molecular formula is C26H25N3O5. The second-order valence-corrected chi connectivity index (χ2v) is 8.82. The van der Waals surface area contributed by atoms with Crippen molar-refractivity contribution in [1.82, 2.24) is 15.2 Å². The van der Waals surface area contributed by atoms with E-state index in [0.29, 0.717) is 24.0 Å². The molecule has 2 N–H and O–H groups in total. The van der Waals surface area contributed by atoms with Gasteiger partial charge in [-0.3, -0.25) is 19.3 Å². The fourth-order valence-electron chi connectivity index (χ4n) is 4.91. The molecule has 1 saturated heterocycles. The van der Waals surface area contributed by atoms with Gasteiger partial charge in [0.2, 0.25) is 5.78 Å². The fourth-order valence-corrected chi connectivity index (χ4v) is 4.91. The van der Waals surface area contributed by atoms with Crippen LogP contribution in [0, 0.1) is 0 Å². The van der Waals surface area contributed by atoms with Crippen molar-refractivity contribution in [2.45, 2.75) is 43.7 Å². The molecule has 2 fully saturated rings. The third-order valence-electron chi connectivity index (χ3n) is 6.69. The Balaban J connectivity index is 1.32. The molecule has 2 aliphatic rings. The minimum atomic E-state index is -1.14. The minimum Gasteiger partial charge on any atom is -0.449 e. The summed E-state index contributed by atoms with van der Waals surface area (Å²) in [7, 11) is 0. The van der Waals surface area contributed by atoms with E-state index in [1.807, 2.05) is 30.3 Å². The number of benzene rings is 2. The van der Waals surface area contributed by atoms with E-state index in [1.54, 1.807) is 30.5 Å². The van der Waals surface area contributed by atoms with Crippen molar-refractivity contribution >= 4 is 34.6 Å². The number of ether oxygens (including phenoxy) is 1. The van der Waals surface area contributed by atoms with Gasteiger partial charge in [-0.1, -0.05) is 61.4 Å². The molecule has 174 valence electrons. The number of nitrogens with zero attached hydrogens (tertiary/aromatic N) is 1. The Kier molecular flexibility index (Phi) is 5.65. The maximum absolute atomic E-state index is 13.5. The number of aromatic amines is 1. The summed E-state index contributed by atoms with van der Waals surface area (Å²) in [6.45, 7) is -0.0893. The fraction of sp³-hybridized carbons (Fsp3) is 0.308. The Bertz CT molecular complexity index is 1260. The highest BCUT2D eigenvalue weighted by molar-refractivity contribution is 6.10. The summed E-state index contributed by atoms with van der Waals surface area (Å²) in [5.74, 6) is -1.29. The monoisotopic (exact) mass is 459 g/mol. The Labute approximate surface area is 196 Å². The first kappa shape index (κ1) is 21.9. The predicted molar refractivity (Wildman–Crippen MR) is 124 cm³/mol. The summed E-state index contributed by atoms with van der Waals surface area (Å²) in [5, 5.41) is 3.54. The van der Waals surface area contributed by atoms with Crippen LogP contribution in [-0.2, 0) is 14.3 Å². The van der Waals surface area contributed by atoms with Crippen LogP contribution in [0.4, 0.5) is 4.79 Å². The number of imide groups is 1. The summed E-state index contributed by atoms with van der Waals surface area (Å²) >= 11 is 0. The van der Waals surface area contributed by atoms with E-state index >= 15 is 0 Å². The maximum Gasteiger partial charge on any atom is 0.325 e. The number of H-pyrrole nitrogens is 1. The number of para-hydroxylation sites is 1. The summed E-state index contributed by atoms with van der Waals surface area (Å²) in [5.41, 5.74) is 0.961. The quantitative estimate of drug-likeness (QED) is 0.317. The average molecular weight is 460 g/mol. The van der Waals surface area contributed by atoms with Crippen LogP contribution in [0.1, 0.15) is 54.1 Å². The number of ketones is 1. The molecule has 8 heteroatoms. The molecule has 34 heavy (non-hydrogen) atoms. The number of urea groups is 1. The molecule has 2 heterocycles. The molecule has 8 nitrogen and oxygen atoms in total. The van der Waals surface area contributed by atoms with Gasteiger partial charge < -0.3 is 15.0 Å². The molecule has 3 aromatic rings. The normalized spacial score (nSPS) is 17.8. The largest absolute Gasteiger partial charge is 0.449 e. The molecule has 0 unspecified atom stereocenters. The number of esters is 1. The highest BCUT2D eigenvalue weighted by atomic mass is 16.5. The van der Waals surface area contributed by atoms with Gasteiger partial charge in [0.1, 0.15) is 5.54 Å². The number of amides is 3. The first-order valence-electron chi connectivity index (χ1n) is 11.5. The molecule has 1 atom stereocenters. The lowest BCUT2D eigenvalue weighted by Crippen LogP contribution is -2.44. The van der Waals surface area contributed by atoms with Crippen LogP contribution in [-0.4, -0.2) is 45.7 Å². The lowest BCUT2D eigenvalue weighted by Gasteiger charge is -2.20. The van der Waals surface area contributed by atoms with Crippen LogP contribution < -0.4 is 5.32 Å². The van der Waals surface area contributed by atoms with Gasteiger partial charge in [-0.2, -0.15) is 0 Å². The zero-order valence-electron chi connectivity index (χ0n) is 18.6. The number of hydrogen-bond acceptors (Lipinski definition) is 5. The first-order chi connectivity index (χ1) is 16.5. The average Bonchev–Trinajstić information content (AvgIpc) is 3.55. The van der Waals surface area contributed by atoms with Crippen molar-refractivity contribution in [2.24, 2.45) is 0 Å². The number of hydrogen-bond donors (Lipinski definition) is 2. The van der Waals surface area contributed by atoms with Gasteiger partial charge >= 0.3 is 12.0 Å². The van der Waals surface area contributed by atoms with Gasteiger partial charge in [0, 0.05) is 34.8 Å². The third kappa shape index (κ3) is 3.85. The van der Waals surface area contributed by atoms with E-state index in [9.17, 15) is 19.2 Å². The third-order valence-corrected chi connectivity index (χ3v) is 6.69. The van der Waals surface area contributed by atoms with Crippen LogP contribution in [0.5, 0.6) is 0 Å². The van der Waals surface area contributed by atoms with Gasteiger partial charge in [-0.15, -0.1) is 0 Å². The van der Waals surface area contributed by atoms with E-state index < -0.39 is 23.6 Å². The van der Waals surface area contributed by atoms with E-state index in [4.69, 9.17) is 4.74 Å². The summed E-state index contributed by atoms with van der Waals surface area (Å²) < 4.78 is 5.65. The number of carbonyl (C=O) groups is 4. The lowest BCUT2D eigenvalue weighted by atomic mass is 9.98. The Morgan fingerprint density at radius 2 is 1.71 bits per heavy atom. The van der Waals surface area contributed by atoms with Crippen molar-refractivity contribution in [3.8, 4) is 0 Å². The molecule has 0 bridgehead atoms. The van der Waals surface area contributed by atoms with Gasteiger partial charge in [0.15, 0.2) is 6.10 Å². The molecule has 2 aromatic carbocycles. The second-order valence-electron chi connectivity index (χ2n) is 8.82. The van der Waals surface area contributed by atoms with Gasteiger partial charge in [-0.05, 0) is 18.9 Å². The van der Waals surface area contributed by atoms with Crippen molar-refractivity contribution in [2.75, 3.05) is 6.54 Å². The summed E-state index contributed by atoms with van der Waals surface area (Å²) in [6, 6.07) is 15.7. The first-order valence-corrected chi connectivity index (χ1v) is 11.5. The standard InChI is InChI=1S/C26H25N3O5/c30-21(12-15-29-24(32)26(28-25(29)33)13-6-7-14-26)34-23(17-8-2-1-3-9-17)22(31)19-16-27-20-11-5-4-10-18(19)20/h1-5,8-11,16,23,27H,6-7,12-15H2,(H,28,33)/t23-/m1/s1. The number of nitrogens with one attached hydrogen (secondary N) is 2. The minimum absolute atomic E-state index is 0.0893. The molecule has 1 saturated carbocycles. The second kappa shape index (κ2) is 8.78. The molecular weight excluding hydrogens is 434 g/mol. The van der Waals surface area contributed by atoms with Gasteiger partial charge in [-0.25, -0.2) is 4.79 Å². The zero-order chi connectivity index (χ0) is 23.7. The SMILES string of the molecule is O=C(CCN1C(=O)NC2(CCCC2)C1=O)O[C@@H](C(=O)c1c[nH]c2ccccc12)c1ccccc1. The van der Waals surface area contributed by atoms with E-state index in [0.717, 1.165) is 28.6 Å². The number of fused-ring (bicyclic) bond motifs is 1. The maximum atomic E-state index is 13.5. The van der Waals surface area contributed by atoms with Gasteiger partial charge in [0.05, 0.1) is 6.42 Å². The summed E-state index contributed by atoms with van der Waals surface area (Å²) in [4.78, 5) is 55.6. The highest BCUT2D eigenvalue weighted by Gasteiger charge is 2.52. The molecule has 1 aliphatic heterocycles. The Morgan fingerprint density at radius 3 is 2.47 bits per heavy atom. The molecule has 0 radical (unpaired) electrons. The van der Waals surface area contributed by atoms with E-state index in [1.165, 1.54) is 0 Å². The number of rotatable bonds is 7. The Hall–Kier alpha value is -3.94. The molecule has 1 aliphatic carbocycles. The number of carbonyl (C=O) groups excluding carboxylic acids is 4. The zero-order valence-corrected chi connectivity index (χ0v) is 18.6. The number of aromatic nitrogens is 1. The van der Waals surface area contributed by atoms with E-state index in [-0.39, 0.29) is 24.7 Å². The summed E-state index contributed by atoms with van der Waals surface area (Å²) in [6.07, 6.45) is 3.29. The van der Waals surface area contributed by atoms with Crippen LogP contribution in [0.15, 0.2) is 60.8 Å². The predicted octanol–water partition coefficient (Wildman–Crippen LogP) is 3.89. The molecule has 1 spiro atoms. The topological polar surface area (TPSA) is 109 Å². The van der Waals surface area contributed by atoms with Crippen molar-refractivity contribution in [3.63, 3.8) is 0 Å². The van der Waals surface area contributed by atoms with Crippen LogP contribution in [0.25, 0.3) is 10.9 Å². The smallest absolute Gasteiger partial charge is 0.325 e. The molecule has 5 rings (SSSR count). The van der Waals surface area contributed by atoms with Crippen molar-refractivity contribution < 1.29 is 23.9 Å². The van der Waals surface area contributed by atoms with E-state index in [2.05, 4.69) is 10.3 Å². The van der Waals surface area contributed by atoms with Crippen molar-refractivity contribution in [1.29, 1.82) is 0 Å². The van der Waals surface area contributed by atoms with Gasteiger partial charge in [0.25, 0.3) is 5.91 Å². The van der Waals surface area contributed by atoms with Crippen LogP contribution in [0.2, 0.25) is 0 Å². The van der Waals surface area contributed by atoms with Crippen LogP contribution in [0.3, 0.4) is 0 Å². The van der Waals surface area contributed by atoms with Crippen molar-refractivity contribution in [3.05, 3.63) is 71.9 Å². The lowest BCUT2D eigenvalue weighted by molar-refractivity contribution is -0.147.